The van der Waals surface area contributed by atoms with E-state index in [4.69, 9.17) is 0 Å². The molecule has 3 aliphatic carbocycles. The monoisotopic (exact) mass is 862 g/mol. The van der Waals surface area contributed by atoms with Gasteiger partial charge in [-0.25, -0.2) is 0 Å². The molecule has 314 valence electrons. The van der Waals surface area contributed by atoms with E-state index in [0.717, 1.165) is 21.3 Å². The molecule has 1 heterocycles. The van der Waals surface area contributed by atoms with Crippen LogP contribution in [0.4, 0.5) is 0 Å². The van der Waals surface area contributed by atoms with Gasteiger partial charge in [-0.05, 0) is 0 Å². The average molecular weight is 864 g/mol. The first-order chi connectivity index (χ1) is 26.7. The second-order valence-electron chi connectivity index (χ2n) is 22.7. The molecule has 4 unspecified atom stereocenters. The van der Waals surface area contributed by atoms with Crippen molar-refractivity contribution in [1.29, 1.82) is 0 Å². The van der Waals surface area contributed by atoms with Gasteiger partial charge in [-0.3, -0.25) is 0 Å². The summed E-state index contributed by atoms with van der Waals surface area (Å²) in [4.78, 5) is 0. The minimum Gasteiger partial charge on any atom is -1.00 e. The SMILES string of the molecule is CCC1=Cc2c(-c3cc(C(C)(C)C)cc(C(C)(C)C)c3)cccc2[CH]1[Ti+2]1([CH]2C(CC)=Cc3c(-c4cc(C(C)(C)C)cc(C(C)(C)C)c4)cccc32)[CH]2CCCC[CH]21.[Cl-].[Cl-]. The number of rotatable bonds is 6. The summed E-state index contributed by atoms with van der Waals surface area (Å²) in [7, 11) is 0. The molecule has 8 rings (SSSR count). The molecule has 59 heavy (non-hydrogen) atoms. The van der Waals surface area contributed by atoms with Crippen molar-refractivity contribution in [3.05, 3.63) is 128 Å². The molecule has 1 saturated heterocycles. The molecule has 0 N–H and O–H groups in total. The summed E-state index contributed by atoms with van der Waals surface area (Å²) in [5, 5.41) is 0. The molecule has 4 aromatic carbocycles. The first-order valence-electron chi connectivity index (χ1n) is 22.7. The number of hydrogen-bond acceptors (Lipinski definition) is 0. The summed E-state index contributed by atoms with van der Waals surface area (Å²) >= 11 is -2.78. The summed E-state index contributed by atoms with van der Waals surface area (Å²) in [6.07, 6.45) is 13.5. The zero-order valence-electron chi connectivity index (χ0n) is 38.9. The molecule has 0 nitrogen and oxygen atoms in total. The van der Waals surface area contributed by atoms with Crippen LogP contribution >= 0.6 is 0 Å². The van der Waals surface area contributed by atoms with Crippen molar-refractivity contribution < 1.29 is 41.4 Å². The van der Waals surface area contributed by atoms with Gasteiger partial charge in [0.25, 0.3) is 0 Å². The Labute approximate surface area is 375 Å². The van der Waals surface area contributed by atoms with E-state index >= 15 is 0 Å². The zero-order valence-corrected chi connectivity index (χ0v) is 42.0. The molecule has 4 atom stereocenters. The second-order valence-corrected chi connectivity index (χ2v) is 30.0. The van der Waals surface area contributed by atoms with E-state index in [1.165, 1.54) is 70.2 Å². The Morgan fingerprint density at radius 1 is 0.475 bits per heavy atom. The Balaban J connectivity index is 0.00000293. The minimum atomic E-state index is -2.78. The van der Waals surface area contributed by atoms with Crippen molar-refractivity contribution in [2.45, 2.75) is 174 Å². The molecule has 4 aromatic rings. The van der Waals surface area contributed by atoms with Gasteiger partial charge in [0.2, 0.25) is 0 Å². The number of allylic oxidation sites excluding steroid dienone is 2. The third-order valence-corrected chi connectivity index (χ3v) is 25.8. The van der Waals surface area contributed by atoms with Gasteiger partial charge in [0.05, 0.1) is 0 Å². The number of fused-ring (bicyclic) bond motifs is 3. The van der Waals surface area contributed by atoms with Crippen molar-refractivity contribution in [2.24, 2.45) is 0 Å². The Morgan fingerprint density at radius 3 is 1.08 bits per heavy atom. The first kappa shape index (κ1) is 46.2. The molecule has 1 aliphatic heterocycles. The van der Waals surface area contributed by atoms with Gasteiger partial charge in [0, 0.05) is 0 Å². The summed E-state index contributed by atoms with van der Waals surface area (Å²) in [6, 6.07) is 30.0. The van der Waals surface area contributed by atoms with Crippen molar-refractivity contribution >= 4 is 12.2 Å². The molecule has 1 saturated carbocycles. The predicted molar refractivity (Wildman–Crippen MR) is 247 cm³/mol. The van der Waals surface area contributed by atoms with Crippen molar-refractivity contribution in [1.82, 2.24) is 0 Å². The molecular weight excluding hydrogens is 791 g/mol. The van der Waals surface area contributed by atoms with Crippen LogP contribution in [0.2, 0.25) is 8.45 Å². The number of benzene rings is 4. The van der Waals surface area contributed by atoms with Gasteiger partial charge in [-0.2, -0.15) is 0 Å². The topological polar surface area (TPSA) is 0 Å². The van der Waals surface area contributed by atoms with Crippen LogP contribution < -0.4 is 24.8 Å². The van der Waals surface area contributed by atoms with Gasteiger partial charge in [-0.15, -0.1) is 0 Å². The zero-order chi connectivity index (χ0) is 41.0. The van der Waals surface area contributed by atoms with E-state index < -0.39 is 16.6 Å². The van der Waals surface area contributed by atoms with E-state index in [2.05, 4.69) is 182 Å². The Kier molecular flexibility index (Phi) is 12.6. The maximum atomic E-state index is 2.72. The molecule has 0 spiro atoms. The second kappa shape index (κ2) is 16.1. The van der Waals surface area contributed by atoms with E-state index in [0.29, 0.717) is 8.45 Å². The molecule has 2 fully saturated rings. The molecule has 0 bridgehead atoms. The predicted octanol–water partition coefficient (Wildman–Crippen LogP) is 10.9. The average Bonchev–Trinajstić information content (AvgIpc) is 3.42. The summed E-state index contributed by atoms with van der Waals surface area (Å²) in [6.45, 7) is 33.4. The maximum absolute atomic E-state index is 2.78. The van der Waals surface area contributed by atoms with Crippen molar-refractivity contribution in [3.63, 3.8) is 0 Å². The smallest absolute Gasteiger partial charge is 1.00 e. The fourth-order valence-corrected chi connectivity index (χ4v) is 26.1. The molecule has 3 heteroatoms. The third-order valence-electron chi connectivity index (χ3n) is 15.0. The molecule has 4 aliphatic rings. The molecule has 0 aromatic heterocycles. The van der Waals surface area contributed by atoms with Gasteiger partial charge in [0.1, 0.15) is 0 Å². The van der Waals surface area contributed by atoms with E-state index in [1.807, 2.05) is 0 Å². The fraction of sp³-hybridized carbons (Fsp3) is 0.500. The van der Waals surface area contributed by atoms with Gasteiger partial charge < -0.3 is 24.8 Å². The van der Waals surface area contributed by atoms with Crippen LogP contribution in [-0.2, 0) is 38.2 Å². The van der Waals surface area contributed by atoms with Crippen molar-refractivity contribution in [3.8, 4) is 22.3 Å². The Bertz CT molecular complexity index is 2060. The van der Waals surface area contributed by atoms with Crippen LogP contribution in [-0.4, -0.2) is 0 Å². The van der Waals surface area contributed by atoms with E-state index in [1.54, 1.807) is 33.4 Å². The molecule has 0 amide bonds. The van der Waals surface area contributed by atoms with Crippen LogP contribution in [0.25, 0.3) is 34.4 Å². The summed E-state index contributed by atoms with van der Waals surface area (Å²) in [5.74, 6) is 0. The third kappa shape index (κ3) is 7.87. The Morgan fingerprint density at radius 2 is 0.797 bits per heavy atom. The standard InChI is InChI=1S/2C25H31.C6H10.2ClH.Ti/c2*1-8-17-12-18-10-9-11-22(23(18)13-17)19-14-20(24(2,3)4)16-21(15-19)25(5,6)7;1-2-4-6-5-3-1;;;/h2*9-16H,8H2,1-7H3;1-2H,3-6H2;2*1H;/q;;;;;+2/p-2. The van der Waals surface area contributed by atoms with Crippen LogP contribution in [0.5, 0.6) is 0 Å². The van der Waals surface area contributed by atoms with Gasteiger partial charge >= 0.3 is 353 Å². The van der Waals surface area contributed by atoms with Crippen LogP contribution in [0.15, 0.2) is 83.9 Å². The fourth-order valence-electron chi connectivity index (χ4n) is 11.8. The van der Waals surface area contributed by atoms with Crippen LogP contribution in [0.1, 0.15) is 188 Å². The summed E-state index contributed by atoms with van der Waals surface area (Å²) in [5.41, 5.74) is 21.8. The maximum Gasteiger partial charge on any atom is -1.00 e. The normalized spacial score (nSPS) is 22.5. The number of halogens is 2. The first-order valence-corrected chi connectivity index (χ1v) is 26.3. The van der Waals surface area contributed by atoms with Gasteiger partial charge in [0.15, 0.2) is 0 Å². The minimum absolute atomic E-state index is 0. The van der Waals surface area contributed by atoms with E-state index in [9.17, 15) is 0 Å². The quantitative estimate of drug-likeness (QED) is 0.169. The molecular formula is C56H72Cl2Ti. The Hall–Kier alpha value is -2.35. The van der Waals surface area contributed by atoms with Crippen molar-refractivity contribution in [2.75, 3.05) is 0 Å². The largest absolute Gasteiger partial charge is 1.00 e. The summed E-state index contributed by atoms with van der Waals surface area (Å²) < 4.78 is 3.18. The number of hydrogen-bond donors (Lipinski definition) is 0. The van der Waals surface area contributed by atoms with E-state index in [-0.39, 0.29) is 46.5 Å². The van der Waals surface area contributed by atoms with Crippen LogP contribution in [0.3, 0.4) is 0 Å². The van der Waals surface area contributed by atoms with Crippen LogP contribution in [0, 0.1) is 0 Å². The van der Waals surface area contributed by atoms with Gasteiger partial charge in [-0.1, -0.05) is 0 Å². The molecule has 0 radical (unpaired) electrons.